The molecule has 120 valence electrons. The number of anilines is 1. The average Bonchev–Trinajstić information content (AvgIpc) is 2.58. The Balaban J connectivity index is 1.38. The molecule has 2 aliphatic heterocycles. The number of amides is 2. The normalized spacial score (nSPS) is 18.8. The molecule has 4 rings (SSSR count). The zero-order valence-corrected chi connectivity index (χ0v) is 12.7. The zero-order chi connectivity index (χ0) is 15.6. The van der Waals surface area contributed by atoms with Gasteiger partial charge in [-0.05, 0) is 6.07 Å². The SMILES string of the molecule is O=C(NC1CN(c2ncnc3cnccc23)C1)N1CCOCC1. The maximum Gasteiger partial charge on any atom is 0.317 e. The maximum absolute atomic E-state index is 12.2. The minimum atomic E-state index is -0.00491. The largest absolute Gasteiger partial charge is 0.378 e. The van der Waals surface area contributed by atoms with Gasteiger partial charge in [-0.1, -0.05) is 0 Å². The summed E-state index contributed by atoms with van der Waals surface area (Å²) < 4.78 is 5.26. The van der Waals surface area contributed by atoms with Crippen molar-refractivity contribution < 1.29 is 9.53 Å². The molecule has 0 saturated carbocycles. The van der Waals surface area contributed by atoms with E-state index in [0.717, 1.165) is 29.8 Å². The first-order chi connectivity index (χ1) is 11.3. The number of hydrogen-bond acceptors (Lipinski definition) is 6. The Morgan fingerprint density at radius 3 is 2.91 bits per heavy atom. The van der Waals surface area contributed by atoms with E-state index in [0.29, 0.717) is 26.3 Å². The van der Waals surface area contributed by atoms with Crippen molar-refractivity contribution in [2.24, 2.45) is 0 Å². The molecule has 0 spiro atoms. The second-order valence-corrected chi connectivity index (χ2v) is 5.74. The molecule has 2 amide bonds. The third-order valence-corrected chi connectivity index (χ3v) is 4.22. The van der Waals surface area contributed by atoms with Crippen LogP contribution in [0.1, 0.15) is 0 Å². The monoisotopic (exact) mass is 314 g/mol. The van der Waals surface area contributed by atoms with Crippen LogP contribution >= 0.6 is 0 Å². The number of carbonyl (C=O) groups excluding carboxylic acids is 1. The van der Waals surface area contributed by atoms with Gasteiger partial charge in [-0.2, -0.15) is 0 Å². The lowest BCUT2D eigenvalue weighted by Crippen LogP contribution is -2.62. The smallest absolute Gasteiger partial charge is 0.317 e. The van der Waals surface area contributed by atoms with E-state index < -0.39 is 0 Å². The number of pyridine rings is 1. The van der Waals surface area contributed by atoms with Gasteiger partial charge >= 0.3 is 6.03 Å². The van der Waals surface area contributed by atoms with Crippen LogP contribution in [0.4, 0.5) is 10.6 Å². The Morgan fingerprint density at radius 1 is 1.26 bits per heavy atom. The summed E-state index contributed by atoms with van der Waals surface area (Å²) >= 11 is 0. The molecule has 0 radical (unpaired) electrons. The molecule has 2 aromatic heterocycles. The van der Waals surface area contributed by atoms with E-state index in [2.05, 4.69) is 25.2 Å². The molecule has 8 heteroatoms. The highest BCUT2D eigenvalue weighted by molar-refractivity contribution is 5.89. The lowest BCUT2D eigenvalue weighted by Gasteiger charge is -2.41. The summed E-state index contributed by atoms with van der Waals surface area (Å²) in [5, 5.41) is 4.05. The third-order valence-electron chi connectivity index (χ3n) is 4.22. The molecule has 2 fully saturated rings. The third kappa shape index (κ3) is 2.77. The van der Waals surface area contributed by atoms with Gasteiger partial charge in [0.25, 0.3) is 0 Å². The number of carbonyl (C=O) groups is 1. The van der Waals surface area contributed by atoms with Gasteiger partial charge in [-0.25, -0.2) is 14.8 Å². The van der Waals surface area contributed by atoms with Gasteiger partial charge in [0.05, 0.1) is 31.0 Å². The van der Waals surface area contributed by atoms with Crippen LogP contribution in [0.5, 0.6) is 0 Å². The van der Waals surface area contributed by atoms with Crippen LogP contribution in [-0.2, 0) is 4.74 Å². The molecule has 0 unspecified atom stereocenters. The van der Waals surface area contributed by atoms with Crippen LogP contribution < -0.4 is 10.2 Å². The molecule has 8 nitrogen and oxygen atoms in total. The van der Waals surface area contributed by atoms with Crippen LogP contribution in [0.15, 0.2) is 24.8 Å². The first-order valence-corrected chi connectivity index (χ1v) is 7.74. The van der Waals surface area contributed by atoms with Crippen molar-refractivity contribution in [2.75, 3.05) is 44.3 Å². The van der Waals surface area contributed by atoms with Crippen molar-refractivity contribution in [1.82, 2.24) is 25.2 Å². The lowest BCUT2D eigenvalue weighted by molar-refractivity contribution is 0.0522. The number of rotatable bonds is 2. The summed E-state index contributed by atoms with van der Waals surface area (Å²) in [4.78, 5) is 28.8. The summed E-state index contributed by atoms with van der Waals surface area (Å²) in [5.74, 6) is 0.897. The van der Waals surface area contributed by atoms with Crippen molar-refractivity contribution in [3.8, 4) is 0 Å². The van der Waals surface area contributed by atoms with Gasteiger partial charge in [0, 0.05) is 37.8 Å². The number of hydrogen-bond donors (Lipinski definition) is 1. The molecule has 0 bridgehead atoms. The van der Waals surface area contributed by atoms with E-state index in [9.17, 15) is 4.79 Å². The van der Waals surface area contributed by atoms with Crippen LogP contribution in [-0.4, -0.2) is 71.3 Å². The number of ether oxygens (including phenoxy) is 1. The number of aromatic nitrogens is 3. The van der Waals surface area contributed by atoms with Gasteiger partial charge in [0.15, 0.2) is 0 Å². The molecular weight excluding hydrogens is 296 g/mol. The molecule has 0 aromatic carbocycles. The van der Waals surface area contributed by atoms with Crippen molar-refractivity contribution in [3.05, 3.63) is 24.8 Å². The van der Waals surface area contributed by atoms with Gasteiger partial charge in [-0.3, -0.25) is 4.98 Å². The Kier molecular flexibility index (Phi) is 3.66. The van der Waals surface area contributed by atoms with E-state index in [1.54, 1.807) is 23.6 Å². The van der Waals surface area contributed by atoms with Crippen molar-refractivity contribution in [1.29, 1.82) is 0 Å². The predicted octanol–water partition coefficient (Wildman–Crippen LogP) is 0.255. The van der Waals surface area contributed by atoms with Gasteiger partial charge < -0.3 is 19.9 Å². The summed E-state index contributed by atoms with van der Waals surface area (Å²) in [6, 6.07) is 2.07. The second kappa shape index (κ2) is 5.96. The Bertz CT molecular complexity index is 707. The quantitative estimate of drug-likeness (QED) is 0.856. The van der Waals surface area contributed by atoms with E-state index in [4.69, 9.17) is 4.74 Å². The van der Waals surface area contributed by atoms with E-state index >= 15 is 0 Å². The van der Waals surface area contributed by atoms with E-state index in [1.165, 1.54) is 0 Å². The summed E-state index contributed by atoms with van der Waals surface area (Å²) in [5.41, 5.74) is 0.832. The highest BCUT2D eigenvalue weighted by Gasteiger charge is 2.31. The first-order valence-electron chi connectivity index (χ1n) is 7.74. The highest BCUT2D eigenvalue weighted by atomic mass is 16.5. The molecule has 0 atom stereocenters. The fourth-order valence-corrected chi connectivity index (χ4v) is 2.92. The van der Waals surface area contributed by atoms with Crippen LogP contribution in [0, 0.1) is 0 Å². The number of morpholine rings is 1. The van der Waals surface area contributed by atoms with Gasteiger partial charge in [0.2, 0.25) is 0 Å². The van der Waals surface area contributed by atoms with Crippen molar-refractivity contribution in [3.63, 3.8) is 0 Å². The average molecular weight is 314 g/mol. The Morgan fingerprint density at radius 2 is 2.09 bits per heavy atom. The molecule has 2 aliphatic rings. The number of urea groups is 1. The number of fused-ring (bicyclic) bond motifs is 1. The van der Waals surface area contributed by atoms with Crippen molar-refractivity contribution >= 4 is 22.8 Å². The van der Waals surface area contributed by atoms with E-state index in [1.807, 2.05) is 6.07 Å². The van der Waals surface area contributed by atoms with Gasteiger partial charge in [-0.15, -0.1) is 0 Å². The fourth-order valence-electron chi connectivity index (χ4n) is 2.92. The minimum Gasteiger partial charge on any atom is -0.378 e. The second-order valence-electron chi connectivity index (χ2n) is 5.74. The van der Waals surface area contributed by atoms with Crippen molar-refractivity contribution in [2.45, 2.75) is 6.04 Å². The highest BCUT2D eigenvalue weighted by Crippen LogP contribution is 2.25. The fraction of sp³-hybridized carbons (Fsp3) is 0.467. The molecular formula is C15H18N6O2. The molecule has 2 saturated heterocycles. The predicted molar refractivity (Wildman–Crippen MR) is 84.3 cm³/mol. The van der Waals surface area contributed by atoms with Gasteiger partial charge in [0.1, 0.15) is 12.1 Å². The molecule has 23 heavy (non-hydrogen) atoms. The summed E-state index contributed by atoms with van der Waals surface area (Å²) in [7, 11) is 0. The summed E-state index contributed by atoms with van der Waals surface area (Å²) in [6.45, 7) is 4.06. The number of nitrogens with zero attached hydrogens (tertiary/aromatic N) is 5. The van der Waals surface area contributed by atoms with E-state index in [-0.39, 0.29) is 12.1 Å². The number of nitrogens with one attached hydrogen (secondary N) is 1. The Hall–Kier alpha value is -2.48. The van der Waals surface area contributed by atoms with Crippen LogP contribution in [0.2, 0.25) is 0 Å². The standard InChI is InChI=1S/C15H18N6O2/c22-15(20-3-5-23-6-4-20)19-11-8-21(9-11)14-12-1-2-16-7-13(12)17-10-18-14/h1-2,7,10-11H,3-6,8-9H2,(H,19,22). The van der Waals surface area contributed by atoms with Crippen LogP contribution in [0.3, 0.4) is 0 Å². The molecule has 2 aromatic rings. The maximum atomic E-state index is 12.2. The molecule has 0 aliphatic carbocycles. The zero-order valence-electron chi connectivity index (χ0n) is 12.7. The first kappa shape index (κ1) is 14.1. The van der Waals surface area contributed by atoms with Crippen LogP contribution in [0.25, 0.3) is 10.9 Å². The lowest BCUT2D eigenvalue weighted by atomic mass is 10.1. The molecule has 1 N–H and O–H groups in total. The Labute approximate surface area is 133 Å². The summed E-state index contributed by atoms with van der Waals surface area (Å²) in [6.07, 6.45) is 5.03. The minimum absolute atomic E-state index is 0.00491. The topological polar surface area (TPSA) is 83.5 Å². The molecule has 4 heterocycles.